The molecule has 0 radical (unpaired) electrons. The Morgan fingerprint density at radius 3 is 2.03 bits per heavy atom. The number of methoxy groups -OCH3 is 2. The number of amides is 1. The van der Waals surface area contributed by atoms with Crippen LogP contribution in [0, 0.1) is 0 Å². The van der Waals surface area contributed by atoms with Gasteiger partial charge in [-0.05, 0) is 47.2 Å². The minimum absolute atomic E-state index is 0.0695. The molecule has 5 nitrogen and oxygen atoms in total. The average molecular weight is 443 g/mol. The zero-order valence-electron chi connectivity index (χ0n) is 19.2. The maximum absolute atomic E-state index is 13.7. The van der Waals surface area contributed by atoms with Gasteiger partial charge in [-0.25, -0.2) is 0 Å². The van der Waals surface area contributed by atoms with E-state index < -0.39 is 0 Å². The van der Waals surface area contributed by atoms with Crippen molar-refractivity contribution < 1.29 is 14.3 Å². The minimum Gasteiger partial charge on any atom is -0.493 e. The van der Waals surface area contributed by atoms with Crippen LogP contribution in [0.3, 0.4) is 0 Å². The molecular weight excluding hydrogens is 412 g/mol. The van der Waals surface area contributed by atoms with Crippen LogP contribution in [0.1, 0.15) is 34.7 Å². The van der Waals surface area contributed by atoms with E-state index in [0.29, 0.717) is 0 Å². The SMILES string of the molecule is COc1cc2c(cc1OC)[C@@H]1C[C@H](N(Cc3ccccc3)Cc3ccccc3)C(=O)N1CC2. The summed E-state index contributed by atoms with van der Waals surface area (Å²) in [4.78, 5) is 18.1. The summed E-state index contributed by atoms with van der Waals surface area (Å²) in [5.74, 6) is 1.70. The van der Waals surface area contributed by atoms with Crippen molar-refractivity contribution in [2.24, 2.45) is 0 Å². The summed E-state index contributed by atoms with van der Waals surface area (Å²) in [5.41, 5.74) is 4.88. The van der Waals surface area contributed by atoms with Gasteiger partial charge < -0.3 is 14.4 Å². The Morgan fingerprint density at radius 1 is 0.879 bits per heavy atom. The van der Waals surface area contributed by atoms with E-state index in [1.165, 1.54) is 22.3 Å². The molecule has 0 saturated carbocycles. The standard InChI is InChI=1S/C28H30N2O3/c1-32-26-15-22-13-14-30-24(23(22)16-27(26)33-2)17-25(28(30)31)29(18-20-9-5-3-6-10-20)19-21-11-7-4-8-12-21/h3-12,15-16,24-25H,13-14,17-19H2,1-2H3/t24-,25-/m0/s1. The van der Waals surface area contributed by atoms with Crippen LogP contribution in [-0.4, -0.2) is 42.5 Å². The van der Waals surface area contributed by atoms with Gasteiger partial charge in [0.1, 0.15) is 0 Å². The van der Waals surface area contributed by atoms with E-state index in [4.69, 9.17) is 9.47 Å². The fourth-order valence-corrected chi connectivity index (χ4v) is 5.27. The highest BCUT2D eigenvalue weighted by atomic mass is 16.5. The number of carbonyl (C=O) groups excluding carboxylic acids is 1. The lowest BCUT2D eigenvalue weighted by molar-refractivity contribution is -0.133. The van der Waals surface area contributed by atoms with Crippen molar-refractivity contribution in [2.45, 2.75) is 38.0 Å². The van der Waals surface area contributed by atoms with Crippen molar-refractivity contribution in [3.8, 4) is 11.5 Å². The number of hydrogen-bond donors (Lipinski definition) is 0. The van der Waals surface area contributed by atoms with Crippen LogP contribution in [0.15, 0.2) is 72.8 Å². The molecule has 5 heteroatoms. The highest BCUT2D eigenvalue weighted by Gasteiger charge is 2.45. The topological polar surface area (TPSA) is 42.0 Å². The Morgan fingerprint density at radius 2 is 1.45 bits per heavy atom. The number of ether oxygens (including phenoxy) is 2. The van der Waals surface area contributed by atoms with Crippen LogP contribution in [-0.2, 0) is 24.3 Å². The summed E-state index contributed by atoms with van der Waals surface area (Å²) in [7, 11) is 3.33. The van der Waals surface area contributed by atoms with E-state index in [1.54, 1.807) is 14.2 Å². The van der Waals surface area contributed by atoms with Gasteiger partial charge in [-0.1, -0.05) is 60.7 Å². The molecule has 3 aromatic carbocycles. The first-order chi connectivity index (χ1) is 16.2. The first-order valence-electron chi connectivity index (χ1n) is 11.5. The molecule has 2 aliphatic rings. The summed E-state index contributed by atoms with van der Waals surface area (Å²) >= 11 is 0. The van der Waals surface area contributed by atoms with E-state index in [0.717, 1.165) is 44.0 Å². The molecule has 33 heavy (non-hydrogen) atoms. The molecule has 2 atom stereocenters. The van der Waals surface area contributed by atoms with Gasteiger partial charge in [0, 0.05) is 19.6 Å². The molecule has 1 saturated heterocycles. The summed E-state index contributed by atoms with van der Waals surface area (Å²) in [5, 5.41) is 0. The monoisotopic (exact) mass is 442 g/mol. The molecule has 2 aliphatic heterocycles. The van der Waals surface area contributed by atoms with Gasteiger partial charge in [0.25, 0.3) is 0 Å². The van der Waals surface area contributed by atoms with Gasteiger partial charge in [0.2, 0.25) is 5.91 Å². The molecule has 3 aromatic rings. The second-order valence-corrected chi connectivity index (χ2v) is 8.83. The Labute approximate surface area is 195 Å². The molecule has 2 heterocycles. The maximum Gasteiger partial charge on any atom is 0.240 e. The minimum atomic E-state index is -0.158. The third kappa shape index (κ3) is 4.21. The maximum atomic E-state index is 13.7. The number of carbonyl (C=O) groups is 1. The summed E-state index contributed by atoms with van der Waals surface area (Å²) in [6.07, 6.45) is 1.61. The molecule has 1 fully saturated rings. The molecule has 0 aromatic heterocycles. The predicted octanol–water partition coefficient (Wildman–Crippen LogP) is 4.60. The smallest absolute Gasteiger partial charge is 0.240 e. The van der Waals surface area contributed by atoms with E-state index in [-0.39, 0.29) is 18.0 Å². The molecule has 0 unspecified atom stereocenters. The molecule has 0 spiro atoms. The largest absolute Gasteiger partial charge is 0.493 e. The Kier molecular flexibility index (Phi) is 6.05. The van der Waals surface area contributed by atoms with E-state index in [1.807, 2.05) is 12.1 Å². The van der Waals surface area contributed by atoms with Crippen LogP contribution in [0.5, 0.6) is 11.5 Å². The van der Waals surface area contributed by atoms with Crippen LogP contribution in [0.2, 0.25) is 0 Å². The Balaban J connectivity index is 1.46. The van der Waals surface area contributed by atoms with Gasteiger partial charge in [-0.3, -0.25) is 9.69 Å². The number of rotatable bonds is 7. The van der Waals surface area contributed by atoms with Crippen molar-refractivity contribution in [3.63, 3.8) is 0 Å². The lowest BCUT2D eigenvalue weighted by atomic mass is 9.91. The molecule has 5 rings (SSSR count). The third-order valence-electron chi connectivity index (χ3n) is 6.92. The second kappa shape index (κ2) is 9.28. The first kappa shape index (κ1) is 21.5. The van der Waals surface area contributed by atoms with Crippen LogP contribution in [0.4, 0.5) is 0 Å². The lowest BCUT2D eigenvalue weighted by Gasteiger charge is -2.32. The van der Waals surface area contributed by atoms with Crippen molar-refractivity contribution >= 4 is 5.91 Å². The first-order valence-corrected chi connectivity index (χ1v) is 11.5. The van der Waals surface area contributed by atoms with Gasteiger partial charge in [0.05, 0.1) is 26.3 Å². The molecule has 170 valence electrons. The number of benzene rings is 3. The average Bonchev–Trinajstić information content (AvgIpc) is 3.20. The molecule has 0 aliphatic carbocycles. The normalized spacial score (nSPS) is 19.4. The van der Waals surface area contributed by atoms with Crippen LogP contribution in [0.25, 0.3) is 0 Å². The zero-order chi connectivity index (χ0) is 22.8. The van der Waals surface area contributed by atoms with Crippen molar-refractivity contribution in [2.75, 3.05) is 20.8 Å². The van der Waals surface area contributed by atoms with Gasteiger partial charge in [0.15, 0.2) is 11.5 Å². The van der Waals surface area contributed by atoms with E-state index >= 15 is 0 Å². The number of hydrogen-bond acceptors (Lipinski definition) is 4. The Bertz CT molecular complexity index is 1080. The van der Waals surface area contributed by atoms with Crippen LogP contribution < -0.4 is 9.47 Å². The van der Waals surface area contributed by atoms with Crippen molar-refractivity contribution in [1.82, 2.24) is 9.80 Å². The second-order valence-electron chi connectivity index (χ2n) is 8.83. The third-order valence-corrected chi connectivity index (χ3v) is 6.92. The lowest BCUT2D eigenvalue weighted by Crippen LogP contribution is -2.42. The zero-order valence-corrected chi connectivity index (χ0v) is 19.2. The van der Waals surface area contributed by atoms with Crippen molar-refractivity contribution in [3.05, 3.63) is 95.1 Å². The number of nitrogens with zero attached hydrogens (tertiary/aromatic N) is 2. The van der Waals surface area contributed by atoms with E-state index in [2.05, 4.69) is 70.5 Å². The fraction of sp³-hybridized carbons (Fsp3) is 0.321. The molecule has 0 N–H and O–H groups in total. The Hall–Kier alpha value is -3.31. The molecular formula is C28H30N2O3. The van der Waals surface area contributed by atoms with Crippen molar-refractivity contribution in [1.29, 1.82) is 0 Å². The number of fused-ring (bicyclic) bond motifs is 3. The van der Waals surface area contributed by atoms with Crippen LogP contribution >= 0.6 is 0 Å². The van der Waals surface area contributed by atoms with Gasteiger partial charge >= 0.3 is 0 Å². The van der Waals surface area contributed by atoms with Gasteiger partial charge in [-0.2, -0.15) is 0 Å². The molecule has 1 amide bonds. The molecule has 0 bridgehead atoms. The fourth-order valence-electron chi connectivity index (χ4n) is 5.27. The van der Waals surface area contributed by atoms with Gasteiger partial charge in [-0.15, -0.1) is 0 Å². The summed E-state index contributed by atoms with van der Waals surface area (Å²) in [6.45, 7) is 2.23. The summed E-state index contributed by atoms with van der Waals surface area (Å²) < 4.78 is 11.1. The predicted molar refractivity (Wildman–Crippen MR) is 128 cm³/mol. The van der Waals surface area contributed by atoms with E-state index in [9.17, 15) is 4.79 Å². The highest BCUT2D eigenvalue weighted by Crippen LogP contribution is 2.44. The summed E-state index contributed by atoms with van der Waals surface area (Å²) in [6, 6.07) is 24.9. The highest BCUT2D eigenvalue weighted by molar-refractivity contribution is 5.85. The quantitative estimate of drug-likeness (QED) is 0.536.